The van der Waals surface area contributed by atoms with E-state index < -0.39 is 11.8 Å². The highest BCUT2D eigenvalue weighted by Crippen LogP contribution is 2.35. The van der Waals surface area contributed by atoms with Crippen LogP contribution in [0.15, 0.2) is 30.3 Å². The minimum absolute atomic E-state index is 0.245. The van der Waals surface area contributed by atoms with Gasteiger partial charge in [-0.25, -0.2) is 9.18 Å². The first-order valence-corrected chi connectivity index (χ1v) is 7.92. The number of benzene rings is 2. The zero-order valence-electron chi connectivity index (χ0n) is 13.4. The highest BCUT2D eigenvalue weighted by molar-refractivity contribution is 6.10. The predicted molar refractivity (Wildman–Crippen MR) is 91.4 cm³/mol. The van der Waals surface area contributed by atoms with Crippen molar-refractivity contribution < 1.29 is 19.1 Å². The first kappa shape index (κ1) is 15.4. The Hall–Kier alpha value is -3.15. The summed E-state index contributed by atoms with van der Waals surface area (Å²) in [7, 11) is 0. The average Bonchev–Trinajstić information content (AvgIpc) is 2.83. The van der Waals surface area contributed by atoms with Gasteiger partial charge in [-0.1, -0.05) is 6.07 Å². The molecule has 1 aliphatic rings. The van der Waals surface area contributed by atoms with Crippen LogP contribution in [0.25, 0.3) is 22.2 Å². The predicted octanol–water partition coefficient (Wildman–Crippen LogP) is 3.27. The van der Waals surface area contributed by atoms with Crippen LogP contribution in [0.3, 0.4) is 0 Å². The first-order valence-electron chi connectivity index (χ1n) is 7.92. The Morgan fingerprint density at radius 1 is 1.24 bits per heavy atom. The summed E-state index contributed by atoms with van der Waals surface area (Å²) < 4.78 is 13.9. The molecule has 1 aromatic heterocycles. The maximum absolute atomic E-state index is 13.9. The summed E-state index contributed by atoms with van der Waals surface area (Å²) in [6, 6.07) is 7.72. The van der Waals surface area contributed by atoms with E-state index in [4.69, 9.17) is 0 Å². The third-order valence-corrected chi connectivity index (χ3v) is 4.62. The zero-order chi connectivity index (χ0) is 17.7. The number of hydrogen-bond donors (Lipinski definition) is 3. The fourth-order valence-electron chi connectivity index (χ4n) is 3.50. The van der Waals surface area contributed by atoms with Crippen LogP contribution >= 0.6 is 0 Å². The number of H-pyrrole nitrogens is 1. The second kappa shape index (κ2) is 5.44. The smallest absolute Gasteiger partial charge is 0.335 e. The molecule has 0 aliphatic carbocycles. The third kappa shape index (κ3) is 2.38. The molecule has 1 aliphatic heterocycles. The number of amides is 1. The molecule has 5 nitrogen and oxygen atoms in total. The summed E-state index contributed by atoms with van der Waals surface area (Å²) in [5.41, 5.74) is 4.32. The molecule has 3 N–H and O–H groups in total. The Bertz CT molecular complexity index is 1050. The lowest BCUT2D eigenvalue weighted by Crippen LogP contribution is -2.23. The van der Waals surface area contributed by atoms with E-state index >= 15 is 0 Å². The Morgan fingerprint density at radius 3 is 2.76 bits per heavy atom. The van der Waals surface area contributed by atoms with Gasteiger partial charge in [-0.2, -0.15) is 0 Å². The first-order chi connectivity index (χ1) is 12.0. The van der Waals surface area contributed by atoms with E-state index in [0.29, 0.717) is 29.6 Å². The number of carbonyl (C=O) groups is 2. The number of halogens is 1. The maximum atomic E-state index is 13.9. The fourth-order valence-corrected chi connectivity index (χ4v) is 3.50. The maximum Gasteiger partial charge on any atom is 0.335 e. The number of rotatable bonds is 2. The topological polar surface area (TPSA) is 82.2 Å². The Labute approximate surface area is 142 Å². The molecule has 0 unspecified atom stereocenters. The van der Waals surface area contributed by atoms with E-state index in [-0.39, 0.29) is 11.5 Å². The van der Waals surface area contributed by atoms with Crippen LogP contribution in [-0.4, -0.2) is 28.5 Å². The molecular formula is C19H15FN2O3. The summed E-state index contributed by atoms with van der Waals surface area (Å²) in [4.78, 5) is 26.6. The van der Waals surface area contributed by atoms with Crippen molar-refractivity contribution >= 4 is 22.8 Å². The Balaban J connectivity index is 1.99. The lowest BCUT2D eigenvalue weighted by Gasteiger charge is -2.07. The van der Waals surface area contributed by atoms with Gasteiger partial charge in [-0.05, 0) is 54.3 Å². The third-order valence-electron chi connectivity index (χ3n) is 4.62. The summed E-state index contributed by atoms with van der Waals surface area (Å²) in [5, 5.41) is 12.7. The fraction of sp³-hybridized carbons (Fsp3) is 0.158. The molecule has 2 heterocycles. The van der Waals surface area contributed by atoms with E-state index in [1.165, 1.54) is 12.1 Å². The summed E-state index contributed by atoms with van der Waals surface area (Å²) in [5.74, 6) is -1.74. The van der Waals surface area contributed by atoms with Crippen molar-refractivity contribution in [3.8, 4) is 11.3 Å². The molecule has 6 heteroatoms. The normalized spacial score (nSPS) is 13.6. The molecule has 2 aromatic carbocycles. The van der Waals surface area contributed by atoms with Crippen molar-refractivity contribution in [3.63, 3.8) is 0 Å². The number of aromatic carboxylic acids is 1. The molecule has 0 fully saturated rings. The number of aromatic nitrogens is 1. The van der Waals surface area contributed by atoms with Crippen molar-refractivity contribution in [1.82, 2.24) is 10.3 Å². The molecule has 1 amide bonds. The molecule has 25 heavy (non-hydrogen) atoms. The number of carboxylic acids is 1. The molecule has 0 radical (unpaired) electrons. The van der Waals surface area contributed by atoms with Crippen LogP contribution < -0.4 is 5.32 Å². The zero-order valence-corrected chi connectivity index (χ0v) is 13.4. The Morgan fingerprint density at radius 2 is 2.04 bits per heavy atom. The number of carbonyl (C=O) groups excluding carboxylic acids is 1. The van der Waals surface area contributed by atoms with Crippen LogP contribution in [0.5, 0.6) is 0 Å². The van der Waals surface area contributed by atoms with Gasteiger partial charge in [-0.3, -0.25) is 4.79 Å². The number of aromatic amines is 1. The molecular weight excluding hydrogens is 323 g/mol. The van der Waals surface area contributed by atoms with Crippen molar-refractivity contribution in [2.24, 2.45) is 0 Å². The largest absolute Gasteiger partial charge is 0.478 e. The average molecular weight is 338 g/mol. The number of nitrogens with one attached hydrogen (secondary N) is 2. The number of hydrogen-bond acceptors (Lipinski definition) is 2. The van der Waals surface area contributed by atoms with Gasteiger partial charge >= 0.3 is 5.97 Å². The minimum atomic E-state index is -0.974. The minimum Gasteiger partial charge on any atom is -0.478 e. The summed E-state index contributed by atoms with van der Waals surface area (Å²) >= 11 is 0. The SMILES string of the molecule is Cc1cc(-c2[nH]c3cc(F)cc4c3c2CCNC4=O)ccc1C(=O)O. The van der Waals surface area contributed by atoms with Crippen LogP contribution in [0, 0.1) is 12.7 Å². The monoisotopic (exact) mass is 338 g/mol. The van der Waals surface area contributed by atoms with Gasteiger partial charge in [0.2, 0.25) is 0 Å². The van der Waals surface area contributed by atoms with E-state index in [2.05, 4.69) is 10.3 Å². The molecule has 0 bridgehead atoms. The summed E-state index contributed by atoms with van der Waals surface area (Å²) in [6.07, 6.45) is 0.611. The molecule has 0 saturated carbocycles. The summed E-state index contributed by atoms with van der Waals surface area (Å²) in [6.45, 7) is 2.20. The van der Waals surface area contributed by atoms with Gasteiger partial charge in [0.1, 0.15) is 5.82 Å². The van der Waals surface area contributed by atoms with Crippen molar-refractivity contribution in [2.75, 3.05) is 6.54 Å². The van der Waals surface area contributed by atoms with Crippen LogP contribution in [-0.2, 0) is 6.42 Å². The Kier molecular flexibility index (Phi) is 3.35. The van der Waals surface area contributed by atoms with Gasteiger partial charge in [-0.15, -0.1) is 0 Å². The van der Waals surface area contributed by atoms with E-state index in [1.807, 2.05) is 0 Å². The van der Waals surface area contributed by atoms with Gasteiger partial charge < -0.3 is 15.4 Å². The van der Waals surface area contributed by atoms with Crippen molar-refractivity contribution in [2.45, 2.75) is 13.3 Å². The molecule has 0 spiro atoms. The molecule has 4 rings (SSSR count). The van der Waals surface area contributed by atoms with Crippen molar-refractivity contribution in [3.05, 3.63) is 58.4 Å². The van der Waals surface area contributed by atoms with Gasteiger partial charge in [0.05, 0.1) is 11.1 Å². The van der Waals surface area contributed by atoms with Crippen LogP contribution in [0.4, 0.5) is 4.39 Å². The van der Waals surface area contributed by atoms with E-state index in [1.54, 1.807) is 25.1 Å². The van der Waals surface area contributed by atoms with Crippen LogP contribution in [0.2, 0.25) is 0 Å². The lowest BCUT2D eigenvalue weighted by molar-refractivity contribution is 0.0696. The molecule has 0 saturated heterocycles. The number of aryl methyl sites for hydroxylation is 1. The second-order valence-electron chi connectivity index (χ2n) is 6.20. The van der Waals surface area contributed by atoms with Crippen molar-refractivity contribution in [1.29, 1.82) is 0 Å². The standard InChI is InChI=1S/C19H15FN2O3/c1-9-6-10(2-3-12(9)19(24)25)17-13-4-5-21-18(23)14-7-11(20)8-15(22-17)16(13)14/h2-3,6-8,22H,4-5H2,1H3,(H,21,23)(H,24,25). The number of carboxylic acid groups (broad SMARTS) is 1. The van der Waals surface area contributed by atoms with Gasteiger partial charge in [0.25, 0.3) is 5.91 Å². The molecule has 3 aromatic rings. The van der Waals surface area contributed by atoms with E-state index in [9.17, 15) is 19.1 Å². The highest BCUT2D eigenvalue weighted by Gasteiger charge is 2.23. The van der Waals surface area contributed by atoms with E-state index in [0.717, 1.165) is 22.2 Å². The highest BCUT2D eigenvalue weighted by atomic mass is 19.1. The molecule has 126 valence electrons. The quantitative estimate of drug-likeness (QED) is 0.671. The molecule has 0 atom stereocenters. The van der Waals surface area contributed by atoms with Crippen LogP contribution in [0.1, 0.15) is 31.8 Å². The second-order valence-corrected chi connectivity index (χ2v) is 6.20. The van der Waals surface area contributed by atoms with Gasteiger partial charge in [0, 0.05) is 23.1 Å². The van der Waals surface area contributed by atoms with Gasteiger partial charge in [0.15, 0.2) is 0 Å². The lowest BCUT2D eigenvalue weighted by atomic mass is 9.98.